The molecular weight excluding hydrogens is 335 g/mol. The smallest absolute Gasteiger partial charge is 0.370 e. The molecule has 132 valence electrons. The fourth-order valence-electron chi connectivity index (χ4n) is 2.55. The van der Waals surface area contributed by atoms with Crippen LogP contribution in [0.1, 0.15) is 43.5 Å². The van der Waals surface area contributed by atoms with Gasteiger partial charge in [0.1, 0.15) is 17.5 Å². The highest BCUT2D eigenvalue weighted by Crippen LogP contribution is 2.35. The molecule has 0 aliphatic heterocycles. The third-order valence-electron chi connectivity index (χ3n) is 4.01. The van der Waals surface area contributed by atoms with Gasteiger partial charge in [0.25, 0.3) is 0 Å². The number of rotatable bonds is 5. The van der Waals surface area contributed by atoms with Crippen LogP contribution in [0.5, 0.6) is 0 Å². The SMILES string of the molecule is CCNc1nc(Nc2cnn(C3CCC3)c2C#N)ncc1C(F)(F)F. The van der Waals surface area contributed by atoms with Gasteiger partial charge in [-0.05, 0) is 26.2 Å². The molecule has 0 saturated heterocycles. The van der Waals surface area contributed by atoms with Gasteiger partial charge in [0.05, 0.1) is 17.9 Å². The molecule has 0 amide bonds. The highest BCUT2D eigenvalue weighted by molar-refractivity contribution is 5.61. The molecule has 1 aliphatic rings. The summed E-state index contributed by atoms with van der Waals surface area (Å²) in [5.41, 5.74) is -0.250. The van der Waals surface area contributed by atoms with Crippen molar-refractivity contribution >= 4 is 17.5 Å². The van der Waals surface area contributed by atoms with Crippen LogP contribution in [0.3, 0.4) is 0 Å². The van der Waals surface area contributed by atoms with E-state index in [9.17, 15) is 18.4 Å². The summed E-state index contributed by atoms with van der Waals surface area (Å²) < 4.78 is 40.6. The van der Waals surface area contributed by atoms with Crippen molar-refractivity contribution in [2.45, 2.75) is 38.4 Å². The Balaban J connectivity index is 1.89. The van der Waals surface area contributed by atoms with Crippen LogP contribution in [0.15, 0.2) is 12.4 Å². The molecule has 0 bridgehead atoms. The number of anilines is 3. The highest BCUT2D eigenvalue weighted by Gasteiger charge is 2.35. The summed E-state index contributed by atoms with van der Waals surface area (Å²) in [6.07, 6.45) is 0.629. The van der Waals surface area contributed by atoms with Gasteiger partial charge in [0.15, 0.2) is 5.69 Å². The molecular formula is C15H16F3N7. The topological polar surface area (TPSA) is 91.5 Å². The molecule has 1 fully saturated rings. The van der Waals surface area contributed by atoms with E-state index in [1.165, 1.54) is 6.20 Å². The largest absolute Gasteiger partial charge is 0.421 e. The number of nitrogens with one attached hydrogen (secondary N) is 2. The van der Waals surface area contributed by atoms with Gasteiger partial charge in [-0.2, -0.15) is 28.5 Å². The number of aromatic nitrogens is 4. The molecule has 0 spiro atoms. The third-order valence-corrected chi connectivity index (χ3v) is 4.01. The first-order chi connectivity index (χ1) is 11.9. The quantitative estimate of drug-likeness (QED) is 0.857. The Labute approximate surface area is 141 Å². The lowest BCUT2D eigenvalue weighted by Gasteiger charge is -2.26. The van der Waals surface area contributed by atoms with Gasteiger partial charge in [0, 0.05) is 12.7 Å². The highest BCUT2D eigenvalue weighted by atomic mass is 19.4. The Morgan fingerprint density at radius 1 is 1.36 bits per heavy atom. The van der Waals surface area contributed by atoms with E-state index >= 15 is 0 Å². The summed E-state index contributed by atoms with van der Waals surface area (Å²) >= 11 is 0. The van der Waals surface area contributed by atoms with E-state index in [1.54, 1.807) is 11.6 Å². The Bertz CT molecular complexity index is 802. The van der Waals surface area contributed by atoms with E-state index in [0.717, 1.165) is 25.5 Å². The minimum atomic E-state index is -4.55. The summed E-state index contributed by atoms with van der Waals surface area (Å²) in [7, 11) is 0. The monoisotopic (exact) mass is 351 g/mol. The Morgan fingerprint density at radius 2 is 2.12 bits per heavy atom. The predicted octanol–water partition coefficient (Wildman–Crippen LogP) is 3.46. The van der Waals surface area contributed by atoms with Crippen molar-refractivity contribution in [1.82, 2.24) is 19.7 Å². The summed E-state index contributed by atoms with van der Waals surface area (Å²) in [5.74, 6) is -0.342. The van der Waals surface area contributed by atoms with Gasteiger partial charge >= 0.3 is 6.18 Å². The van der Waals surface area contributed by atoms with Gasteiger partial charge in [-0.3, -0.25) is 0 Å². The molecule has 1 saturated carbocycles. The van der Waals surface area contributed by atoms with Crippen LogP contribution in [0.2, 0.25) is 0 Å². The number of halogens is 3. The van der Waals surface area contributed by atoms with Crippen molar-refractivity contribution < 1.29 is 13.2 Å². The average Bonchev–Trinajstić information content (AvgIpc) is 2.87. The van der Waals surface area contributed by atoms with Gasteiger partial charge in [-0.15, -0.1) is 0 Å². The molecule has 0 aromatic carbocycles. The van der Waals surface area contributed by atoms with E-state index in [1.807, 2.05) is 0 Å². The van der Waals surface area contributed by atoms with Crippen LogP contribution >= 0.6 is 0 Å². The van der Waals surface area contributed by atoms with Crippen molar-refractivity contribution in [2.75, 3.05) is 17.2 Å². The number of nitrogens with zero attached hydrogens (tertiary/aromatic N) is 5. The van der Waals surface area contributed by atoms with Crippen LogP contribution in [0, 0.1) is 11.3 Å². The van der Waals surface area contributed by atoms with Crippen molar-refractivity contribution in [3.8, 4) is 6.07 Å². The Morgan fingerprint density at radius 3 is 2.68 bits per heavy atom. The second-order valence-corrected chi connectivity index (χ2v) is 5.66. The zero-order chi connectivity index (χ0) is 18.0. The van der Waals surface area contributed by atoms with Crippen LogP contribution < -0.4 is 10.6 Å². The molecule has 2 aromatic rings. The maximum Gasteiger partial charge on any atom is 0.421 e. The lowest BCUT2D eigenvalue weighted by molar-refractivity contribution is -0.137. The molecule has 2 N–H and O–H groups in total. The van der Waals surface area contributed by atoms with Crippen molar-refractivity contribution in [3.63, 3.8) is 0 Å². The van der Waals surface area contributed by atoms with Gasteiger partial charge in [-0.1, -0.05) is 0 Å². The summed E-state index contributed by atoms with van der Waals surface area (Å²) in [6, 6.07) is 2.27. The number of hydrogen-bond acceptors (Lipinski definition) is 6. The van der Waals surface area contributed by atoms with Crippen LogP contribution in [0.25, 0.3) is 0 Å². The van der Waals surface area contributed by atoms with Gasteiger partial charge in [0.2, 0.25) is 5.95 Å². The first-order valence-electron chi connectivity index (χ1n) is 7.86. The maximum atomic E-state index is 13.0. The molecule has 10 heteroatoms. The van der Waals surface area contributed by atoms with E-state index in [-0.39, 0.29) is 24.4 Å². The van der Waals surface area contributed by atoms with E-state index in [0.29, 0.717) is 11.4 Å². The van der Waals surface area contributed by atoms with Gasteiger partial charge < -0.3 is 10.6 Å². The Hall–Kier alpha value is -2.83. The third kappa shape index (κ3) is 3.35. The van der Waals surface area contributed by atoms with Crippen LogP contribution in [-0.4, -0.2) is 26.3 Å². The summed E-state index contributed by atoms with van der Waals surface area (Å²) in [4.78, 5) is 7.61. The second-order valence-electron chi connectivity index (χ2n) is 5.66. The zero-order valence-electron chi connectivity index (χ0n) is 13.4. The predicted molar refractivity (Wildman–Crippen MR) is 84.3 cm³/mol. The molecule has 25 heavy (non-hydrogen) atoms. The van der Waals surface area contributed by atoms with Crippen LogP contribution in [0.4, 0.5) is 30.6 Å². The second kappa shape index (κ2) is 6.58. The summed E-state index contributed by atoms with van der Waals surface area (Å²) in [5, 5.41) is 18.9. The number of nitriles is 1. The van der Waals surface area contributed by atoms with Crippen molar-refractivity contribution in [3.05, 3.63) is 23.7 Å². The van der Waals surface area contributed by atoms with E-state index < -0.39 is 11.7 Å². The molecule has 1 aliphatic carbocycles. The first kappa shape index (κ1) is 17.0. The minimum absolute atomic E-state index is 0.0337. The Kier molecular flexibility index (Phi) is 4.48. The zero-order valence-corrected chi connectivity index (χ0v) is 13.4. The average molecular weight is 351 g/mol. The van der Waals surface area contributed by atoms with E-state index in [4.69, 9.17) is 0 Å². The molecule has 2 aromatic heterocycles. The molecule has 0 radical (unpaired) electrons. The minimum Gasteiger partial charge on any atom is -0.370 e. The van der Waals surface area contributed by atoms with Crippen LogP contribution in [-0.2, 0) is 6.18 Å². The summed E-state index contributed by atoms with van der Waals surface area (Å²) in [6.45, 7) is 1.95. The normalized spacial score (nSPS) is 14.7. The fraction of sp³-hybridized carbons (Fsp3) is 0.467. The molecule has 3 rings (SSSR count). The molecule has 7 nitrogen and oxygen atoms in total. The van der Waals surface area contributed by atoms with Gasteiger partial charge in [-0.25, -0.2) is 9.67 Å². The first-order valence-corrected chi connectivity index (χ1v) is 7.86. The molecule has 2 heterocycles. The maximum absolute atomic E-state index is 13.0. The lowest BCUT2D eigenvalue weighted by Crippen LogP contribution is -2.19. The molecule has 0 unspecified atom stereocenters. The van der Waals surface area contributed by atoms with Crippen molar-refractivity contribution in [2.24, 2.45) is 0 Å². The molecule has 0 atom stereocenters. The number of alkyl halides is 3. The fourth-order valence-corrected chi connectivity index (χ4v) is 2.55. The van der Waals surface area contributed by atoms with E-state index in [2.05, 4.69) is 31.8 Å². The number of hydrogen-bond donors (Lipinski definition) is 2. The lowest BCUT2D eigenvalue weighted by atomic mass is 9.93. The van der Waals surface area contributed by atoms with Crippen molar-refractivity contribution in [1.29, 1.82) is 5.26 Å². The standard InChI is InChI=1S/C15H16F3N7/c1-2-20-13-10(15(16,17)18)7-21-14(24-13)23-11-8-22-25(12(11)6-19)9-4-3-5-9/h7-9H,2-5H2,1H3,(H2,20,21,23,24).